The van der Waals surface area contributed by atoms with Gasteiger partial charge in [-0.3, -0.25) is 4.79 Å². The number of ether oxygens (including phenoxy) is 1. The minimum atomic E-state index is -0.425. The fourth-order valence-corrected chi connectivity index (χ4v) is 3.29. The number of esters is 1. The van der Waals surface area contributed by atoms with Crippen LogP contribution in [0.5, 0.6) is 17.2 Å². The summed E-state index contributed by atoms with van der Waals surface area (Å²) in [6, 6.07) is 19.5. The largest absolute Gasteiger partial charge is 0.508 e. The Hall–Kier alpha value is -3.53. The lowest BCUT2D eigenvalue weighted by Crippen LogP contribution is -2.16. The summed E-state index contributed by atoms with van der Waals surface area (Å²) >= 11 is 0. The molecule has 4 nitrogen and oxygen atoms in total. The van der Waals surface area contributed by atoms with Crippen LogP contribution in [-0.4, -0.2) is 16.2 Å². The van der Waals surface area contributed by atoms with Gasteiger partial charge in [0.15, 0.2) is 0 Å². The molecule has 1 atom stereocenters. The zero-order valence-electron chi connectivity index (χ0n) is 18.1. The summed E-state index contributed by atoms with van der Waals surface area (Å²) in [6.07, 6.45) is 4.66. The first-order valence-corrected chi connectivity index (χ1v) is 10.4. The monoisotopic (exact) mass is 416 g/mol. The van der Waals surface area contributed by atoms with E-state index in [4.69, 9.17) is 4.74 Å². The Morgan fingerprint density at radius 2 is 1.48 bits per heavy atom. The first kappa shape index (κ1) is 22.2. The molecule has 0 saturated carbocycles. The number of benzene rings is 3. The summed E-state index contributed by atoms with van der Waals surface area (Å²) in [4.78, 5) is 12.7. The number of hydrogen-bond acceptors (Lipinski definition) is 4. The van der Waals surface area contributed by atoms with Crippen LogP contribution in [0.15, 0.2) is 66.7 Å². The van der Waals surface area contributed by atoms with Gasteiger partial charge in [0, 0.05) is 6.07 Å². The SMILES string of the molecule is CC(C)Cc1ccc(C(C)C(=O)Oc2cc(O)cc(/C=C/c3ccc(O)cc3)c2)cc1. The molecule has 0 bridgehead atoms. The summed E-state index contributed by atoms with van der Waals surface area (Å²) in [5.41, 5.74) is 3.73. The number of rotatable bonds is 7. The van der Waals surface area contributed by atoms with Crippen molar-refractivity contribution in [2.24, 2.45) is 5.92 Å². The molecule has 0 saturated heterocycles. The zero-order chi connectivity index (χ0) is 22.4. The van der Waals surface area contributed by atoms with Crippen LogP contribution in [0, 0.1) is 5.92 Å². The van der Waals surface area contributed by atoms with E-state index in [1.165, 1.54) is 11.6 Å². The molecule has 0 aliphatic heterocycles. The van der Waals surface area contributed by atoms with Crippen molar-refractivity contribution in [3.8, 4) is 17.2 Å². The van der Waals surface area contributed by atoms with Crippen LogP contribution in [0.1, 0.15) is 48.9 Å². The smallest absolute Gasteiger partial charge is 0.318 e. The Balaban J connectivity index is 1.69. The van der Waals surface area contributed by atoms with E-state index < -0.39 is 5.92 Å². The van der Waals surface area contributed by atoms with Crippen molar-refractivity contribution in [3.63, 3.8) is 0 Å². The van der Waals surface area contributed by atoms with Gasteiger partial charge in [-0.05, 0) is 65.8 Å². The maximum atomic E-state index is 12.7. The Morgan fingerprint density at radius 3 is 2.13 bits per heavy atom. The summed E-state index contributed by atoms with van der Waals surface area (Å²) in [7, 11) is 0. The second-order valence-corrected chi connectivity index (χ2v) is 8.17. The third-order valence-corrected chi connectivity index (χ3v) is 4.97. The Morgan fingerprint density at radius 1 is 0.839 bits per heavy atom. The molecule has 3 aromatic rings. The van der Waals surface area contributed by atoms with Gasteiger partial charge in [0.25, 0.3) is 0 Å². The van der Waals surface area contributed by atoms with Gasteiger partial charge < -0.3 is 14.9 Å². The molecule has 0 spiro atoms. The van der Waals surface area contributed by atoms with E-state index in [-0.39, 0.29) is 17.5 Å². The molecule has 0 fully saturated rings. The van der Waals surface area contributed by atoms with Crippen molar-refractivity contribution in [2.45, 2.75) is 33.1 Å². The first-order chi connectivity index (χ1) is 14.8. The highest BCUT2D eigenvalue weighted by Crippen LogP contribution is 2.26. The van der Waals surface area contributed by atoms with E-state index in [0.717, 1.165) is 17.5 Å². The van der Waals surface area contributed by atoms with Crippen molar-refractivity contribution in [3.05, 3.63) is 89.0 Å². The highest BCUT2D eigenvalue weighted by molar-refractivity contribution is 5.80. The van der Waals surface area contributed by atoms with Crippen LogP contribution in [0.2, 0.25) is 0 Å². The third kappa shape index (κ3) is 6.48. The fourth-order valence-electron chi connectivity index (χ4n) is 3.29. The predicted octanol–water partition coefficient (Wildman–Crippen LogP) is 6.18. The van der Waals surface area contributed by atoms with Crippen LogP contribution in [-0.2, 0) is 11.2 Å². The second-order valence-electron chi connectivity index (χ2n) is 8.17. The summed E-state index contributed by atoms with van der Waals surface area (Å²) in [5, 5.41) is 19.4. The quantitative estimate of drug-likeness (QED) is 0.274. The standard InChI is InChI=1S/C27H28O4/c1-18(2)14-21-6-10-23(11-7-21)19(3)27(30)31-26-16-22(15-25(29)17-26)5-4-20-8-12-24(28)13-9-20/h4-13,15-19,28-29H,14H2,1-3H3/b5-4+. The van der Waals surface area contributed by atoms with Crippen molar-refractivity contribution >= 4 is 18.1 Å². The summed E-state index contributed by atoms with van der Waals surface area (Å²) < 4.78 is 5.55. The first-order valence-electron chi connectivity index (χ1n) is 10.4. The molecule has 0 amide bonds. The molecule has 3 rings (SSSR count). The van der Waals surface area contributed by atoms with Crippen molar-refractivity contribution in [1.29, 1.82) is 0 Å². The van der Waals surface area contributed by atoms with Gasteiger partial charge in [0.2, 0.25) is 0 Å². The second kappa shape index (κ2) is 9.98. The molecule has 3 aromatic carbocycles. The lowest BCUT2D eigenvalue weighted by Gasteiger charge is -2.13. The van der Waals surface area contributed by atoms with E-state index in [2.05, 4.69) is 26.0 Å². The zero-order valence-corrected chi connectivity index (χ0v) is 18.1. The van der Waals surface area contributed by atoms with Gasteiger partial charge in [0.05, 0.1) is 5.92 Å². The molecule has 0 aromatic heterocycles. The Bertz CT molecular complexity index is 1050. The highest BCUT2D eigenvalue weighted by atomic mass is 16.5. The van der Waals surface area contributed by atoms with Crippen LogP contribution in [0.25, 0.3) is 12.2 Å². The maximum Gasteiger partial charge on any atom is 0.318 e. The minimum absolute atomic E-state index is 0.0151. The van der Waals surface area contributed by atoms with E-state index >= 15 is 0 Å². The topological polar surface area (TPSA) is 66.8 Å². The average molecular weight is 417 g/mol. The van der Waals surface area contributed by atoms with Crippen molar-refractivity contribution < 1.29 is 19.7 Å². The minimum Gasteiger partial charge on any atom is -0.508 e. The molecule has 31 heavy (non-hydrogen) atoms. The molecule has 0 heterocycles. The van der Waals surface area contributed by atoms with Gasteiger partial charge in [-0.15, -0.1) is 0 Å². The van der Waals surface area contributed by atoms with Gasteiger partial charge in [-0.1, -0.05) is 62.4 Å². The van der Waals surface area contributed by atoms with E-state index in [0.29, 0.717) is 17.2 Å². The normalized spacial score (nSPS) is 12.3. The number of carbonyl (C=O) groups is 1. The van der Waals surface area contributed by atoms with Crippen LogP contribution >= 0.6 is 0 Å². The van der Waals surface area contributed by atoms with Crippen LogP contribution in [0.3, 0.4) is 0 Å². The molecular weight excluding hydrogens is 388 g/mol. The number of phenols is 2. The van der Waals surface area contributed by atoms with E-state index in [1.807, 2.05) is 25.1 Å². The van der Waals surface area contributed by atoms with Crippen LogP contribution < -0.4 is 4.74 Å². The van der Waals surface area contributed by atoms with E-state index in [1.54, 1.807) is 42.5 Å². The van der Waals surface area contributed by atoms with Crippen molar-refractivity contribution in [1.82, 2.24) is 0 Å². The molecule has 0 aliphatic carbocycles. The van der Waals surface area contributed by atoms with Gasteiger partial charge in [0.1, 0.15) is 17.2 Å². The van der Waals surface area contributed by atoms with Crippen LogP contribution in [0.4, 0.5) is 0 Å². The number of carbonyl (C=O) groups excluding carboxylic acids is 1. The van der Waals surface area contributed by atoms with Gasteiger partial charge in [-0.25, -0.2) is 0 Å². The lowest BCUT2D eigenvalue weighted by molar-refractivity contribution is -0.135. The van der Waals surface area contributed by atoms with Crippen molar-refractivity contribution in [2.75, 3.05) is 0 Å². The number of phenolic OH excluding ortho intramolecular Hbond substituents is 2. The number of hydrogen-bond donors (Lipinski definition) is 2. The Labute approximate surface area is 183 Å². The predicted molar refractivity (Wildman–Crippen MR) is 124 cm³/mol. The molecule has 0 radical (unpaired) electrons. The Kier molecular flexibility index (Phi) is 7.14. The highest BCUT2D eigenvalue weighted by Gasteiger charge is 2.18. The third-order valence-electron chi connectivity index (χ3n) is 4.97. The summed E-state index contributed by atoms with van der Waals surface area (Å²) in [5.74, 6) is 0.283. The fraction of sp³-hybridized carbons (Fsp3) is 0.222. The maximum absolute atomic E-state index is 12.7. The number of aromatic hydroxyl groups is 2. The average Bonchev–Trinajstić information content (AvgIpc) is 2.72. The molecular formula is C27H28O4. The van der Waals surface area contributed by atoms with E-state index in [9.17, 15) is 15.0 Å². The molecule has 0 aliphatic rings. The van der Waals surface area contributed by atoms with Gasteiger partial charge >= 0.3 is 5.97 Å². The molecule has 160 valence electrons. The van der Waals surface area contributed by atoms with Gasteiger partial charge in [-0.2, -0.15) is 0 Å². The molecule has 2 N–H and O–H groups in total. The summed E-state index contributed by atoms with van der Waals surface area (Å²) in [6.45, 7) is 6.17. The molecule has 1 unspecified atom stereocenters. The lowest BCUT2D eigenvalue weighted by atomic mass is 9.97. The molecule has 4 heteroatoms.